The molecular formula is C14H21N3O2. The molecule has 0 aromatic carbocycles. The molecule has 19 heavy (non-hydrogen) atoms. The number of pyridine rings is 1. The van der Waals surface area contributed by atoms with Crippen molar-refractivity contribution in [1.82, 2.24) is 9.88 Å². The zero-order valence-electron chi connectivity index (χ0n) is 11.5. The van der Waals surface area contributed by atoms with Crippen LogP contribution in [0.3, 0.4) is 0 Å². The fourth-order valence-electron chi connectivity index (χ4n) is 2.58. The van der Waals surface area contributed by atoms with Crippen LogP contribution in [0.2, 0.25) is 0 Å². The van der Waals surface area contributed by atoms with Gasteiger partial charge in [-0.05, 0) is 38.4 Å². The lowest BCUT2D eigenvalue weighted by molar-refractivity contribution is -0.127. The second-order valence-corrected chi connectivity index (χ2v) is 5.20. The first-order chi connectivity index (χ1) is 9.07. The predicted octanol–water partition coefficient (Wildman–Crippen LogP) is 1.10. The number of carbonyl (C=O) groups is 1. The maximum absolute atomic E-state index is 12.5. The maximum Gasteiger partial charge on any atom is 0.250 e. The lowest BCUT2D eigenvalue weighted by Gasteiger charge is -2.35. The number of hydrogen-bond donors (Lipinski definition) is 2. The molecule has 0 spiro atoms. The summed E-state index contributed by atoms with van der Waals surface area (Å²) in [6.07, 6.45) is 4.22. The van der Waals surface area contributed by atoms with Crippen LogP contribution in [0.5, 0.6) is 0 Å². The Balaban J connectivity index is 2.14. The van der Waals surface area contributed by atoms with Gasteiger partial charge in [-0.1, -0.05) is 6.92 Å². The van der Waals surface area contributed by atoms with Crippen molar-refractivity contribution < 1.29 is 4.79 Å². The topological polar surface area (TPSA) is 63.1 Å². The number of hydrogen-bond acceptors (Lipinski definition) is 3. The van der Waals surface area contributed by atoms with E-state index in [4.69, 9.17) is 0 Å². The molecule has 0 bridgehead atoms. The van der Waals surface area contributed by atoms with Crippen molar-refractivity contribution in [3.8, 4) is 0 Å². The van der Waals surface area contributed by atoms with Crippen molar-refractivity contribution in [1.29, 1.82) is 0 Å². The normalized spacial score (nSPS) is 18.0. The van der Waals surface area contributed by atoms with Gasteiger partial charge in [0.15, 0.2) is 0 Å². The first kappa shape index (κ1) is 13.8. The molecule has 0 aliphatic carbocycles. The number of carbonyl (C=O) groups excluding carboxylic acids is 1. The zero-order valence-corrected chi connectivity index (χ0v) is 11.5. The number of piperidine rings is 1. The molecule has 104 valence electrons. The Morgan fingerprint density at radius 2 is 2.11 bits per heavy atom. The van der Waals surface area contributed by atoms with E-state index in [9.17, 15) is 9.59 Å². The Hall–Kier alpha value is -1.62. The minimum atomic E-state index is -0.278. The highest BCUT2D eigenvalue weighted by molar-refractivity contribution is 5.95. The van der Waals surface area contributed by atoms with Gasteiger partial charge in [-0.15, -0.1) is 0 Å². The summed E-state index contributed by atoms with van der Waals surface area (Å²) in [5, 5.41) is 6.23. The van der Waals surface area contributed by atoms with Crippen LogP contribution in [0, 0.1) is 5.41 Å². The van der Waals surface area contributed by atoms with Crippen LogP contribution >= 0.6 is 0 Å². The van der Waals surface area contributed by atoms with Crippen LogP contribution in [-0.2, 0) is 11.8 Å². The van der Waals surface area contributed by atoms with Crippen molar-refractivity contribution in [2.24, 2.45) is 12.5 Å². The lowest BCUT2D eigenvalue weighted by atomic mass is 9.76. The van der Waals surface area contributed by atoms with Crippen LogP contribution in [-0.4, -0.2) is 23.6 Å². The maximum atomic E-state index is 12.5. The van der Waals surface area contributed by atoms with Crippen molar-refractivity contribution >= 4 is 11.6 Å². The molecule has 0 atom stereocenters. The second-order valence-electron chi connectivity index (χ2n) is 5.20. The smallest absolute Gasteiger partial charge is 0.250 e. The summed E-state index contributed by atoms with van der Waals surface area (Å²) in [5.41, 5.74) is 0.323. The molecular weight excluding hydrogens is 242 g/mol. The lowest BCUT2D eigenvalue weighted by Crippen LogP contribution is -2.44. The number of amides is 1. The molecule has 1 aromatic heterocycles. The molecule has 0 saturated carbocycles. The molecule has 5 heteroatoms. The van der Waals surface area contributed by atoms with Gasteiger partial charge in [0, 0.05) is 19.3 Å². The largest absolute Gasteiger partial charge is 0.324 e. The van der Waals surface area contributed by atoms with Crippen molar-refractivity contribution in [2.45, 2.75) is 26.2 Å². The Bertz CT molecular complexity index is 516. The summed E-state index contributed by atoms with van der Waals surface area (Å²) >= 11 is 0. The Kier molecular flexibility index (Phi) is 4.04. The third-order valence-electron chi connectivity index (χ3n) is 4.06. The monoisotopic (exact) mass is 263 g/mol. The van der Waals surface area contributed by atoms with E-state index in [0.717, 1.165) is 32.4 Å². The Labute approximate surface area is 113 Å². The fraction of sp³-hybridized carbons (Fsp3) is 0.571. The van der Waals surface area contributed by atoms with Gasteiger partial charge in [-0.2, -0.15) is 0 Å². The number of aryl methyl sites for hydroxylation is 1. The quantitative estimate of drug-likeness (QED) is 0.858. The van der Waals surface area contributed by atoms with E-state index in [1.165, 1.54) is 10.6 Å². The second kappa shape index (κ2) is 5.57. The van der Waals surface area contributed by atoms with Crippen molar-refractivity contribution in [2.75, 3.05) is 18.4 Å². The molecule has 0 radical (unpaired) electrons. The SMILES string of the molecule is CCC1(C(=O)Nc2ccc(=O)n(C)c2)CCNCC1. The van der Waals surface area contributed by atoms with Crippen molar-refractivity contribution in [3.63, 3.8) is 0 Å². The standard InChI is InChI=1S/C14H21N3O2/c1-3-14(6-8-15-9-7-14)13(19)16-11-4-5-12(18)17(2)10-11/h4-5,10,15H,3,6-9H2,1-2H3,(H,16,19). The third-order valence-corrected chi connectivity index (χ3v) is 4.06. The molecule has 1 aromatic rings. The number of anilines is 1. The van der Waals surface area contributed by atoms with E-state index in [1.54, 1.807) is 19.3 Å². The van der Waals surface area contributed by atoms with Gasteiger partial charge < -0.3 is 15.2 Å². The summed E-state index contributed by atoms with van der Waals surface area (Å²) in [4.78, 5) is 23.8. The van der Waals surface area contributed by atoms with Crippen LogP contribution in [0.4, 0.5) is 5.69 Å². The van der Waals surface area contributed by atoms with E-state index in [1.807, 2.05) is 0 Å². The first-order valence-corrected chi connectivity index (χ1v) is 6.76. The molecule has 5 nitrogen and oxygen atoms in total. The number of aromatic nitrogens is 1. The molecule has 1 saturated heterocycles. The van der Waals surface area contributed by atoms with Crippen LogP contribution in [0.1, 0.15) is 26.2 Å². The molecule has 2 heterocycles. The average Bonchev–Trinajstić information content (AvgIpc) is 2.43. The number of rotatable bonds is 3. The molecule has 2 N–H and O–H groups in total. The highest BCUT2D eigenvalue weighted by Gasteiger charge is 2.37. The van der Waals surface area contributed by atoms with Gasteiger partial charge in [0.1, 0.15) is 0 Å². The van der Waals surface area contributed by atoms with Crippen molar-refractivity contribution in [3.05, 3.63) is 28.7 Å². The van der Waals surface area contributed by atoms with E-state index in [0.29, 0.717) is 5.69 Å². The van der Waals surface area contributed by atoms with Gasteiger partial charge in [-0.25, -0.2) is 0 Å². The van der Waals surface area contributed by atoms with Gasteiger partial charge in [-0.3, -0.25) is 9.59 Å². The molecule has 1 aliphatic rings. The zero-order chi connectivity index (χ0) is 13.9. The van der Waals surface area contributed by atoms with E-state index >= 15 is 0 Å². The van der Waals surface area contributed by atoms with Gasteiger partial charge in [0.2, 0.25) is 11.5 Å². The van der Waals surface area contributed by atoms with E-state index in [-0.39, 0.29) is 16.9 Å². The van der Waals surface area contributed by atoms with Gasteiger partial charge >= 0.3 is 0 Å². The minimum Gasteiger partial charge on any atom is -0.324 e. The Morgan fingerprint density at radius 3 is 2.68 bits per heavy atom. The first-order valence-electron chi connectivity index (χ1n) is 6.76. The highest BCUT2D eigenvalue weighted by atomic mass is 16.2. The third kappa shape index (κ3) is 2.87. The van der Waals surface area contributed by atoms with E-state index in [2.05, 4.69) is 17.6 Å². The summed E-state index contributed by atoms with van der Waals surface area (Å²) in [7, 11) is 1.68. The van der Waals surface area contributed by atoms with Gasteiger partial charge in [0.05, 0.1) is 11.1 Å². The molecule has 1 aliphatic heterocycles. The van der Waals surface area contributed by atoms with Crippen LogP contribution < -0.4 is 16.2 Å². The van der Waals surface area contributed by atoms with Gasteiger partial charge in [0.25, 0.3) is 0 Å². The number of nitrogens with zero attached hydrogens (tertiary/aromatic N) is 1. The summed E-state index contributed by atoms with van der Waals surface area (Å²) in [5.74, 6) is 0.0650. The summed E-state index contributed by atoms with van der Waals surface area (Å²) in [6.45, 7) is 3.83. The summed E-state index contributed by atoms with van der Waals surface area (Å²) < 4.78 is 1.47. The predicted molar refractivity (Wildman–Crippen MR) is 75.1 cm³/mol. The average molecular weight is 263 g/mol. The molecule has 2 rings (SSSR count). The Morgan fingerprint density at radius 1 is 1.42 bits per heavy atom. The van der Waals surface area contributed by atoms with Crippen LogP contribution in [0.25, 0.3) is 0 Å². The van der Waals surface area contributed by atoms with E-state index < -0.39 is 0 Å². The fourth-order valence-corrected chi connectivity index (χ4v) is 2.58. The molecule has 1 fully saturated rings. The minimum absolute atomic E-state index is 0.0650. The molecule has 1 amide bonds. The summed E-state index contributed by atoms with van der Waals surface area (Å²) in [6, 6.07) is 3.13. The highest BCUT2D eigenvalue weighted by Crippen LogP contribution is 2.33. The van der Waals surface area contributed by atoms with Crippen LogP contribution in [0.15, 0.2) is 23.1 Å². The molecule has 0 unspecified atom stereocenters. The number of nitrogens with one attached hydrogen (secondary N) is 2.